The molecule has 154 valence electrons. The van der Waals surface area contributed by atoms with Crippen molar-refractivity contribution in [2.75, 3.05) is 7.11 Å². The third-order valence-corrected chi connectivity index (χ3v) is 5.48. The van der Waals surface area contributed by atoms with Gasteiger partial charge in [0.15, 0.2) is 0 Å². The number of nitrogens with one attached hydrogen (secondary N) is 1. The third kappa shape index (κ3) is 4.47. The second kappa shape index (κ2) is 8.45. The zero-order chi connectivity index (χ0) is 21.1. The first-order chi connectivity index (χ1) is 14.4. The van der Waals surface area contributed by atoms with Crippen LogP contribution < -0.4 is 10.1 Å². The minimum atomic E-state index is -4.34. The number of hydrogen-bond acceptors (Lipinski definition) is 4. The van der Waals surface area contributed by atoms with Crippen LogP contribution in [0.25, 0.3) is 22.2 Å². The zero-order valence-corrected chi connectivity index (χ0v) is 17.0. The van der Waals surface area contributed by atoms with Gasteiger partial charge in [0.05, 0.1) is 23.9 Å². The summed E-state index contributed by atoms with van der Waals surface area (Å²) in [5.41, 5.74) is 3.63. The maximum absolute atomic E-state index is 12.9. The van der Waals surface area contributed by atoms with E-state index in [0.717, 1.165) is 39.5 Å². The van der Waals surface area contributed by atoms with Gasteiger partial charge < -0.3 is 10.1 Å². The Labute approximate surface area is 176 Å². The second-order valence-corrected chi connectivity index (χ2v) is 7.65. The standard InChI is InChI=1S/C23H19F3N2OS/c1-29-20-6-5-16-10-18(22(28-21(16)11-20)17-7-8-30-14-17)13-27-12-15-3-2-4-19(9-15)23(24,25)26/h2-11,14,27H,12-13H2,1H3. The summed E-state index contributed by atoms with van der Waals surface area (Å²) in [7, 11) is 1.62. The third-order valence-electron chi connectivity index (χ3n) is 4.80. The summed E-state index contributed by atoms with van der Waals surface area (Å²) in [6, 6.07) is 15.2. The Morgan fingerprint density at radius 2 is 1.90 bits per heavy atom. The van der Waals surface area contributed by atoms with Crippen molar-refractivity contribution in [3.05, 3.63) is 82.0 Å². The molecule has 1 N–H and O–H groups in total. The fourth-order valence-corrected chi connectivity index (χ4v) is 3.94. The molecule has 0 aliphatic heterocycles. The molecule has 0 amide bonds. The number of alkyl halides is 3. The van der Waals surface area contributed by atoms with E-state index in [-0.39, 0.29) is 0 Å². The highest BCUT2D eigenvalue weighted by Crippen LogP contribution is 2.30. The summed E-state index contributed by atoms with van der Waals surface area (Å²) in [5.74, 6) is 0.738. The van der Waals surface area contributed by atoms with E-state index in [0.29, 0.717) is 18.7 Å². The van der Waals surface area contributed by atoms with Crippen LogP contribution in [-0.2, 0) is 19.3 Å². The number of methoxy groups -OCH3 is 1. The topological polar surface area (TPSA) is 34.1 Å². The van der Waals surface area contributed by atoms with Crippen molar-refractivity contribution >= 4 is 22.2 Å². The van der Waals surface area contributed by atoms with Gasteiger partial charge in [-0.15, -0.1) is 0 Å². The van der Waals surface area contributed by atoms with E-state index < -0.39 is 11.7 Å². The fraction of sp³-hybridized carbons (Fsp3) is 0.174. The van der Waals surface area contributed by atoms with Crippen LogP contribution in [0, 0.1) is 0 Å². The summed E-state index contributed by atoms with van der Waals surface area (Å²) in [6.07, 6.45) is -4.34. The first kappa shape index (κ1) is 20.4. The molecule has 2 heterocycles. The quantitative estimate of drug-likeness (QED) is 0.392. The van der Waals surface area contributed by atoms with Crippen molar-refractivity contribution in [1.82, 2.24) is 10.3 Å². The molecule has 0 saturated carbocycles. The Morgan fingerprint density at radius 1 is 1.03 bits per heavy atom. The van der Waals surface area contributed by atoms with Crippen molar-refractivity contribution in [3.8, 4) is 17.0 Å². The molecule has 7 heteroatoms. The molecule has 0 saturated heterocycles. The Bertz CT molecular complexity index is 1160. The van der Waals surface area contributed by atoms with E-state index in [1.807, 2.05) is 35.0 Å². The molecule has 2 aromatic heterocycles. The maximum atomic E-state index is 12.9. The van der Waals surface area contributed by atoms with Gasteiger partial charge in [0.25, 0.3) is 0 Å². The summed E-state index contributed by atoms with van der Waals surface area (Å²) in [4.78, 5) is 4.84. The van der Waals surface area contributed by atoms with Crippen LogP contribution in [0.5, 0.6) is 5.75 Å². The fourth-order valence-electron chi connectivity index (χ4n) is 3.30. The molecule has 0 aliphatic carbocycles. The smallest absolute Gasteiger partial charge is 0.416 e. The summed E-state index contributed by atoms with van der Waals surface area (Å²) in [5, 5.41) is 8.26. The van der Waals surface area contributed by atoms with Gasteiger partial charge in [0, 0.05) is 35.5 Å². The predicted octanol–water partition coefficient (Wildman–Crippen LogP) is 6.28. The molecule has 0 atom stereocenters. The number of rotatable bonds is 6. The number of halogens is 3. The molecular formula is C23H19F3N2OS. The highest BCUT2D eigenvalue weighted by molar-refractivity contribution is 7.08. The molecule has 2 aromatic carbocycles. The minimum Gasteiger partial charge on any atom is -0.497 e. The molecule has 4 aromatic rings. The molecule has 0 spiro atoms. The van der Waals surface area contributed by atoms with Crippen molar-refractivity contribution in [3.63, 3.8) is 0 Å². The average Bonchev–Trinajstić information content (AvgIpc) is 3.27. The lowest BCUT2D eigenvalue weighted by atomic mass is 10.0. The normalized spacial score (nSPS) is 11.7. The Morgan fingerprint density at radius 3 is 2.63 bits per heavy atom. The molecule has 0 unspecified atom stereocenters. The van der Waals surface area contributed by atoms with Gasteiger partial charge in [-0.1, -0.05) is 18.2 Å². The summed E-state index contributed by atoms with van der Waals surface area (Å²) >= 11 is 1.59. The molecule has 0 radical (unpaired) electrons. The number of thiophene rings is 1. The lowest BCUT2D eigenvalue weighted by Gasteiger charge is -2.13. The Balaban J connectivity index is 1.60. The van der Waals surface area contributed by atoms with Crippen LogP contribution in [-0.4, -0.2) is 12.1 Å². The number of hydrogen-bond donors (Lipinski definition) is 1. The van der Waals surface area contributed by atoms with E-state index in [1.54, 1.807) is 24.5 Å². The van der Waals surface area contributed by atoms with Gasteiger partial charge in [-0.3, -0.25) is 0 Å². The van der Waals surface area contributed by atoms with Crippen LogP contribution in [0.3, 0.4) is 0 Å². The molecule has 4 rings (SSSR count). The van der Waals surface area contributed by atoms with E-state index in [2.05, 4.69) is 11.4 Å². The number of ether oxygens (including phenoxy) is 1. The van der Waals surface area contributed by atoms with Crippen molar-refractivity contribution in [2.45, 2.75) is 19.3 Å². The lowest BCUT2D eigenvalue weighted by Crippen LogP contribution is -2.15. The Kier molecular flexibility index (Phi) is 5.74. The predicted molar refractivity (Wildman–Crippen MR) is 114 cm³/mol. The zero-order valence-electron chi connectivity index (χ0n) is 16.2. The van der Waals surface area contributed by atoms with E-state index in [4.69, 9.17) is 9.72 Å². The number of fused-ring (bicyclic) bond motifs is 1. The van der Waals surface area contributed by atoms with Crippen LogP contribution in [0.1, 0.15) is 16.7 Å². The van der Waals surface area contributed by atoms with Crippen molar-refractivity contribution in [2.24, 2.45) is 0 Å². The van der Waals surface area contributed by atoms with Crippen LogP contribution in [0.15, 0.2) is 65.4 Å². The Hall–Kier alpha value is -2.90. The lowest BCUT2D eigenvalue weighted by molar-refractivity contribution is -0.137. The molecule has 0 aliphatic rings. The summed E-state index contributed by atoms with van der Waals surface area (Å²) in [6.45, 7) is 0.810. The molecule has 3 nitrogen and oxygen atoms in total. The van der Waals surface area contributed by atoms with Crippen LogP contribution in [0.2, 0.25) is 0 Å². The second-order valence-electron chi connectivity index (χ2n) is 6.87. The number of benzene rings is 2. The SMILES string of the molecule is COc1ccc2cc(CNCc3cccc(C(F)(F)F)c3)c(-c3ccsc3)nc2c1. The van der Waals surface area contributed by atoms with E-state index in [1.165, 1.54) is 12.1 Å². The highest BCUT2D eigenvalue weighted by atomic mass is 32.1. The highest BCUT2D eigenvalue weighted by Gasteiger charge is 2.30. The molecular weight excluding hydrogens is 409 g/mol. The minimum absolute atomic E-state index is 0.327. The number of nitrogens with zero attached hydrogens (tertiary/aromatic N) is 1. The van der Waals surface area contributed by atoms with Gasteiger partial charge >= 0.3 is 6.18 Å². The number of pyridine rings is 1. The maximum Gasteiger partial charge on any atom is 0.416 e. The first-order valence-corrected chi connectivity index (χ1v) is 10.3. The monoisotopic (exact) mass is 428 g/mol. The largest absolute Gasteiger partial charge is 0.497 e. The van der Waals surface area contributed by atoms with E-state index >= 15 is 0 Å². The van der Waals surface area contributed by atoms with Crippen LogP contribution >= 0.6 is 11.3 Å². The van der Waals surface area contributed by atoms with Crippen molar-refractivity contribution < 1.29 is 17.9 Å². The molecule has 30 heavy (non-hydrogen) atoms. The average molecular weight is 428 g/mol. The molecule has 0 bridgehead atoms. The van der Waals surface area contributed by atoms with Gasteiger partial charge in [-0.2, -0.15) is 24.5 Å². The van der Waals surface area contributed by atoms with E-state index in [9.17, 15) is 13.2 Å². The van der Waals surface area contributed by atoms with Crippen LogP contribution in [0.4, 0.5) is 13.2 Å². The van der Waals surface area contributed by atoms with Gasteiger partial charge in [-0.05, 0) is 46.8 Å². The van der Waals surface area contributed by atoms with Gasteiger partial charge in [0.2, 0.25) is 0 Å². The van der Waals surface area contributed by atoms with Crippen molar-refractivity contribution in [1.29, 1.82) is 0 Å². The number of aromatic nitrogens is 1. The molecule has 0 fully saturated rings. The van der Waals surface area contributed by atoms with Gasteiger partial charge in [-0.25, -0.2) is 4.98 Å². The first-order valence-electron chi connectivity index (χ1n) is 9.31. The van der Waals surface area contributed by atoms with Gasteiger partial charge in [0.1, 0.15) is 5.75 Å². The summed E-state index contributed by atoms with van der Waals surface area (Å²) < 4.78 is 44.1.